The first-order chi connectivity index (χ1) is 11.2. The highest BCUT2D eigenvalue weighted by Crippen LogP contribution is 2.16. The van der Waals surface area contributed by atoms with Crippen LogP contribution in [0.25, 0.3) is 0 Å². The van der Waals surface area contributed by atoms with Gasteiger partial charge in [-0.2, -0.15) is 0 Å². The number of ether oxygens (including phenoxy) is 1. The van der Waals surface area contributed by atoms with E-state index in [4.69, 9.17) is 4.74 Å². The Labute approximate surface area is 137 Å². The standard InChI is InChI=1S/C16H25N5O2/c1-13-12-14(19-16(18-13)21-5-2-3-6-21)15(22)17-4-7-20-8-10-23-11-9-20/h12H,2-11H2,1H3,(H,17,22). The first-order valence-corrected chi connectivity index (χ1v) is 8.41. The molecule has 23 heavy (non-hydrogen) atoms. The molecule has 0 radical (unpaired) electrons. The highest BCUT2D eigenvalue weighted by atomic mass is 16.5. The van der Waals surface area contributed by atoms with Crippen LogP contribution in [-0.4, -0.2) is 73.3 Å². The van der Waals surface area contributed by atoms with E-state index >= 15 is 0 Å². The molecule has 0 saturated carbocycles. The Morgan fingerprint density at radius 2 is 1.96 bits per heavy atom. The number of aryl methyl sites for hydroxylation is 1. The number of hydrogen-bond donors (Lipinski definition) is 1. The molecule has 0 bridgehead atoms. The van der Waals surface area contributed by atoms with Gasteiger partial charge in [-0.05, 0) is 25.8 Å². The molecular formula is C16H25N5O2. The van der Waals surface area contributed by atoms with Gasteiger partial charge in [-0.25, -0.2) is 9.97 Å². The van der Waals surface area contributed by atoms with E-state index in [1.807, 2.05) is 6.92 Å². The summed E-state index contributed by atoms with van der Waals surface area (Å²) in [5.74, 6) is 0.560. The zero-order valence-electron chi connectivity index (χ0n) is 13.8. The summed E-state index contributed by atoms with van der Waals surface area (Å²) in [4.78, 5) is 25.7. The zero-order chi connectivity index (χ0) is 16.1. The predicted molar refractivity (Wildman–Crippen MR) is 87.8 cm³/mol. The lowest BCUT2D eigenvalue weighted by Gasteiger charge is -2.26. The van der Waals surface area contributed by atoms with E-state index in [9.17, 15) is 4.79 Å². The maximum atomic E-state index is 12.3. The summed E-state index contributed by atoms with van der Waals surface area (Å²) in [7, 11) is 0. The molecule has 3 rings (SSSR count). The van der Waals surface area contributed by atoms with E-state index < -0.39 is 0 Å². The van der Waals surface area contributed by atoms with Crippen molar-refractivity contribution in [2.24, 2.45) is 0 Å². The summed E-state index contributed by atoms with van der Waals surface area (Å²) in [6.45, 7) is 8.74. The molecule has 1 aromatic heterocycles. The van der Waals surface area contributed by atoms with Crippen LogP contribution in [-0.2, 0) is 4.74 Å². The van der Waals surface area contributed by atoms with Gasteiger partial charge in [0, 0.05) is 45.0 Å². The molecule has 7 nitrogen and oxygen atoms in total. The third kappa shape index (κ3) is 4.39. The van der Waals surface area contributed by atoms with Crippen LogP contribution in [0, 0.1) is 6.92 Å². The number of rotatable bonds is 5. The van der Waals surface area contributed by atoms with Crippen LogP contribution >= 0.6 is 0 Å². The number of nitrogens with one attached hydrogen (secondary N) is 1. The Bertz CT molecular complexity index is 539. The molecule has 2 aliphatic heterocycles. The van der Waals surface area contributed by atoms with Crippen molar-refractivity contribution >= 4 is 11.9 Å². The molecule has 1 N–H and O–H groups in total. The van der Waals surface area contributed by atoms with Gasteiger partial charge in [-0.3, -0.25) is 9.69 Å². The topological polar surface area (TPSA) is 70.6 Å². The van der Waals surface area contributed by atoms with Crippen LogP contribution in [0.2, 0.25) is 0 Å². The fourth-order valence-electron chi connectivity index (χ4n) is 2.97. The van der Waals surface area contributed by atoms with Crippen molar-refractivity contribution in [2.75, 3.05) is 57.4 Å². The van der Waals surface area contributed by atoms with E-state index in [1.54, 1.807) is 6.07 Å². The van der Waals surface area contributed by atoms with Crippen LogP contribution in [0.5, 0.6) is 0 Å². The molecule has 2 saturated heterocycles. The van der Waals surface area contributed by atoms with Crippen molar-refractivity contribution < 1.29 is 9.53 Å². The molecule has 3 heterocycles. The van der Waals surface area contributed by atoms with Crippen molar-refractivity contribution in [1.29, 1.82) is 0 Å². The third-order valence-electron chi connectivity index (χ3n) is 4.28. The molecule has 126 valence electrons. The number of carbonyl (C=O) groups excluding carboxylic acids is 1. The Morgan fingerprint density at radius 1 is 1.22 bits per heavy atom. The van der Waals surface area contributed by atoms with Crippen LogP contribution < -0.4 is 10.2 Å². The van der Waals surface area contributed by atoms with Crippen molar-refractivity contribution in [1.82, 2.24) is 20.2 Å². The number of carbonyl (C=O) groups is 1. The number of morpholine rings is 1. The summed E-state index contributed by atoms with van der Waals surface area (Å²) in [5, 5.41) is 2.96. The van der Waals surface area contributed by atoms with E-state index in [-0.39, 0.29) is 5.91 Å². The molecular weight excluding hydrogens is 294 g/mol. The minimum absolute atomic E-state index is 0.121. The normalized spacial score (nSPS) is 19.1. The second-order valence-electron chi connectivity index (χ2n) is 6.10. The summed E-state index contributed by atoms with van der Waals surface area (Å²) >= 11 is 0. The van der Waals surface area contributed by atoms with Gasteiger partial charge in [0.1, 0.15) is 5.69 Å². The van der Waals surface area contributed by atoms with Gasteiger partial charge < -0.3 is 15.0 Å². The van der Waals surface area contributed by atoms with Crippen molar-refractivity contribution in [3.63, 3.8) is 0 Å². The first kappa shape index (κ1) is 16.1. The second-order valence-corrected chi connectivity index (χ2v) is 6.10. The average Bonchev–Trinajstić information content (AvgIpc) is 3.10. The van der Waals surface area contributed by atoms with Gasteiger partial charge >= 0.3 is 0 Å². The Morgan fingerprint density at radius 3 is 2.70 bits per heavy atom. The minimum Gasteiger partial charge on any atom is -0.379 e. The lowest BCUT2D eigenvalue weighted by Crippen LogP contribution is -2.41. The Balaban J connectivity index is 1.55. The maximum Gasteiger partial charge on any atom is 0.270 e. The molecule has 7 heteroatoms. The summed E-state index contributed by atoms with van der Waals surface area (Å²) < 4.78 is 5.32. The van der Waals surface area contributed by atoms with Crippen LogP contribution in [0.4, 0.5) is 5.95 Å². The molecule has 1 aromatic rings. The van der Waals surface area contributed by atoms with Gasteiger partial charge in [0.15, 0.2) is 0 Å². The van der Waals surface area contributed by atoms with Crippen LogP contribution in [0.15, 0.2) is 6.07 Å². The van der Waals surface area contributed by atoms with Gasteiger partial charge in [0.05, 0.1) is 13.2 Å². The number of aromatic nitrogens is 2. The lowest BCUT2D eigenvalue weighted by atomic mass is 10.3. The Hall–Kier alpha value is -1.73. The minimum atomic E-state index is -0.121. The van der Waals surface area contributed by atoms with Gasteiger partial charge in [0.2, 0.25) is 5.95 Å². The summed E-state index contributed by atoms with van der Waals surface area (Å²) in [6, 6.07) is 1.75. The van der Waals surface area contributed by atoms with Crippen molar-refractivity contribution in [3.8, 4) is 0 Å². The third-order valence-corrected chi connectivity index (χ3v) is 4.28. The van der Waals surface area contributed by atoms with Gasteiger partial charge in [-0.1, -0.05) is 0 Å². The molecule has 0 spiro atoms. The largest absolute Gasteiger partial charge is 0.379 e. The number of amides is 1. The van der Waals surface area contributed by atoms with Crippen LogP contribution in [0.3, 0.4) is 0 Å². The molecule has 2 fully saturated rings. The van der Waals surface area contributed by atoms with Crippen molar-refractivity contribution in [2.45, 2.75) is 19.8 Å². The molecule has 0 atom stereocenters. The molecule has 2 aliphatic rings. The van der Waals surface area contributed by atoms with Gasteiger partial charge in [-0.15, -0.1) is 0 Å². The van der Waals surface area contributed by atoms with E-state index in [0.717, 1.165) is 51.6 Å². The molecule has 0 aromatic carbocycles. The summed E-state index contributed by atoms with van der Waals surface area (Å²) in [5.41, 5.74) is 1.29. The average molecular weight is 319 g/mol. The molecule has 0 unspecified atom stereocenters. The molecule has 1 amide bonds. The van der Waals surface area contributed by atoms with Gasteiger partial charge in [0.25, 0.3) is 5.91 Å². The second kappa shape index (κ2) is 7.70. The first-order valence-electron chi connectivity index (χ1n) is 8.41. The maximum absolute atomic E-state index is 12.3. The molecule has 0 aliphatic carbocycles. The number of nitrogens with zero attached hydrogens (tertiary/aromatic N) is 4. The lowest BCUT2D eigenvalue weighted by molar-refractivity contribution is 0.0383. The highest BCUT2D eigenvalue weighted by molar-refractivity contribution is 5.92. The number of anilines is 1. The van der Waals surface area contributed by atoms with E-state index in [1.165, 1.54) is 12.8 Å². The predicted octanol–water partition coefficient (Wildman–Crippen LogP) is 0.447. The fourth-order valence-corrected chi connectivity index (χ4v) is 2.97. The SMILES string of the molecule is Cc1cc(C(=O)NCCN2CCOCC2)nc(N2CCCC2)n1. The Kier molecular flexibility index (Phi) is 5.40. The quantitative estimate of drug-likeness (QED) is 0.849. The zero-order valence-corrected chi connectivity index (χ0v) is 13.8. The summed E-state index contributed by atoms with van der Waals surface area (Å²) in [6.07, 6.45) is 2.33. The van der Waals surface area contributed by atoms with Crippen LogP contribution in [0.1, 0.15) is 29.0 Å². The van der Waals surface area contributed by atoms with Crippen molar-refractivity contribution in [3.05, 3.63) is 17.5 Å². The van der Waals surface area contributed by atoms with E-state index in [2.05, 4.69) is 25.1 Å². The smallest absolute Gasteiger partial charge is 0.270 e. The van der Waals surface area contributed by atoms with E-state index in [0.29, 0.717) is 18.2 Å². The monoisotopic (exact) mass is 319 g/mol. The number of hydrogen-bond acceptors (Lipinski definition) is 6. The fraction of sp³-hybridized carbons (Fsp3) is 0.688. The highest BCUT2D eigenvalue weighted by Gasteiger charge is 2.18.